The molecule has 0 bridgehead atoms. The maximum absolute atomic E-state index is 11.2. The highest BCUT2D eigenvalue weighted by molar-refractivity contribution is 5.69. The van der Waals surface area contributed by atoms with Gasteiger partial charge < -0.3 is 9.47 Å². The number of aryl methyl sites for hydroxylation is 1. The lowest BCUT2D eigenvalue weighted by molar-refractivity contribution is -0.144. The van der Waals surface area contributed by atoms with Gasteiger partial charge in [0.25, 0.3) is 0 Å². The van der Waals surface area contributed by atoms with Crippen molar-refractivity contribution in [3.05, 3.63) is 29.3 Å². The Morgan fingerprint density at radius 3 is 2.71 bits per heavy atom. The van der Waals surface area contributed by atoms with Crippen molar-refractivity contribution < 1.29 is 14.3 Å². The van der Waals surface area contributed by atoms with Crippen LogP contribution in [0.25, 0.3) is 0 Å². The second-order valence-electron chi connectivity index (χ2n) is 4.02. The van der Waals surface area contributed by atoms with Crippen molar-refractivity contribution in [2.24, 2.45) is 0 Å². The van der Waals surface area contributed by atoms with E-state index in [2.05, 4.69) is 0 Å². The summed E-state index contributed by atoms with van der Waals surface area (Å²) in [6.45, 7) is 6.88. The highest BCUT2D eigenvalue weighted by Gasteiger charge is 2.05. The van der Waals surface area contributed by atoms with E-state index in [-0.39, 0.29) is 5.97 Å². The molecule has 1 rings (SSSR count). The lowest BCUT2D eigenvalue weighted by Gasteiger charge is -2.10. The number of benzene rings is 1. The van der Waals surface area contributed by atoms with Gasteiger partial charge in [0.15, 0.2) is 0 Å². The van der Waals surface area contributed by atoms with Gasteiger partial charge in [0, 0.05) is 0 Å². The van der Waals surface area contributed by atoms with E-state index >= 15 is 0 Å². The Morgan fingerprint density at radius 2 is 2.00 bits per heavy atom. The fourth-order valence-electron chi connectivity index (χ4n) is 1.41. The summed E-state index contributed by atoms with van der Waals surface area (Å²) in [5.41, 5.74) is 2.31. The molecule has 0 amide bonds. The number of esters is 1. The van der Waals surface area contributed by atoms with Gasteiger partial charge in [0.1, 0.15) is 5.75 Å². The molecular formula is C14H20O3. The van der Waals surface area contributed by atoms with Crippen molar-refractivity contribution in [1.82, 2.24) is 0 Å². The Balaban J connectivity index is 2.36. The molecule has 0 fully saturated rings. The second kappa shape index (κ2) is 6.94. The lowest BCUT2D eigenvalue weighted by Crippen LogP contribution is -2.10. The Hall–Kier alpha value is -1.51. The van der Waals surface area contributed by atoms with Gasteiger partial charge in [-0.25, -0.2) is 0 Å². The monoisotopic (exact) mass is 236 g/mol. The molecule has 0 spiro atoms. The third-order valence-corrected chi connectivity index (χ3v) is 2.59. The third kappa shape index (κ3) is 4.47. The van der Waals surface area contributed by atoms with E-state index in [1.165, 1.54) is 5.56 Å². The maximum atomic E-state index is 11.2. The summed E-state index contributed by atoms with van der Waals surface area (Å²) in [6.07, 6.45) is 1.15. The van der Waals surface area contributed by atoms with Gasteiger partial charge in [-0.2, -0.15) is 0 Å². The van der Waals surface area contributed by atoms with Gasteiger partial charge in [-0.05, 0) is 37.5 Å². The molecule has 0 atom stereocenters. The number of carbonyl (C=O) groups is 1. The average molecular weight is 236 g/mol. The van der Waals surface area contributed by atoms with Crippen LogP contribution in [0.2, 0.25) is 0 Å². The van der Waals surface area contributed by atoms with Crippen LogP contribution >= 0.6 is 0 Å². The molecule has 3 heteroatoms. The molecule has 0 aliphatic carbocycles. The largest absolute Gasteiger partial charge is 0.493 e. The molecule has 94 valence electrons. The zero-order chi connectivity index (χ0) is 12.7. The van der Waals surface area contributed by atoms with Crippen LogP contribution in [0.3, 0.4) is 0 Å². The Labute approximate surface area is 103 Å². The number of hydrogen-bond donors (Lipinski definition) is 0. The molecule has 0 saturated carbocycles. The fourth-order valence-corrected chi connectivity index (χ4v) is 1.41. The van der Waals surface area contributed by atoms with Crippen molar-refractivity contribution in [2.45, 2.75) is 33.6 Å². The first-order valence-electron chi connectivity index (χ1n) is 5.99. The van der Waals surface area contributed by atoms with Crippen LogP contribution in [-0.2, 0) is 9.53 Å². The fraction of sp³-hybridized carbons (Fsp3) is 0.500. The van der Waals surface area contributed by atoms with Gasteiger partial charge >= 0.3 is 5.97 Å². The van der Waals surface area contributed by atoms with Crippen molar-refractivity contribution in [1.29, 1.82) is 0 Å². The minimum absolute atomic E-state index is 0.197. The molecule has 1 aromatic carbocycles. The normalized spacial score (nSPS) is 10.1. The van der Waals surface area contributed by atoms with Gasteiger partial charge in [-0.1, -0.05) is 19.1 Å². The van der Waals surface area contributed by atoms with E-state index in [1.54, 1.807) is 0 Å². The van der Waals surface area contributed by atoms with Crippen LogP contribution in [0, 0.1) is 13.8 Å². The van der Waals surface area contributed by atoms with Crippen molar-refractivity contribution >= 4 is 5.97 Å². The second-order valence-corrected chi connectivity index (χ2v) is 4.02. The molecule has 3 nitrogen and oxygen atoms in total. The molecular weight excluding hydrogens is 216 g/mol. The van der Waals surface area contributed by atoms with E-state index in [0.29, 0.717) is 19.6 Å². The Morgan fingerprint density at radius 1 is 1.24 bits per heavy atom. The molecule has 0 saturated heterocycles. The average Bonchev–Trinajstić information content (AvgIpc) is 2.32. The molecule has 0 N–H and O–H groups in total. The minimum atomic E-state index is -0.197. The summed E-state index contributed by atoms with van der Waals surface area (Å²) in [5, 5.41) is 0. The summed E-state index contributed by atoms with van der Waals surface area (Å²) in [5.74, 6) is 0.644. The maximum Gasteiger partial charge on any atom is 0.309 e. The van der Waals surface area contributed by atoms with Crippen LogP contribution in [-0.4, -0.2) is 19.2 Å². The number of ether oxygens (including phenoxy) is 2. The zero-order valence-corrected chi connectivity index (χ0v) is 10.8. The van der Waals surface area contributed by atoms with Gasteiger partial charge in [0.05, 0.1) is 19.6 Å². The quantitative estimate of drug-likeness (QED) is 0.712. The first-order valence-corrected chi connectivity index (χ1v) is 5.99. The standard InChI is InChI=1S/C14H20O3/c1-4-9-17-14(15)8-10-16-13-7-5-6-11(2)12(13)3/h5-7H,4,8-10H2,1-3H3. The molecule has 0 aliphatic rings. The van der Waals surface area contributed by atoms with E-state index in [1.807, 2.05) is 39.0 Å². The first kappa shape index (κ1) is 13.6. The number of carbonyl (C=O) groups excluding carboxylic acids is 1. The first-order chi connectivity index (χ1) is 8.15. The van der Waals surface area contributed by atoms with E-state index in [4.69, 9.17) is 9.47 Å². The van der Waals surface area contributed by atoms with E-state index in [0.717, 1.165) is 17.7 Å². The molecule has 0 heterocycles. The van der Waals surface area contributed by atoms with Crippen LogP contribution in [0.1, 0.15) is 30.9 Å². The lowest BCUT2D eigenvalue weighted by atomic mass is 10.1. The molecule has 1 aromatic rings. The Bertz CT molecular complexity index is 372. The van der Waals surface area contributed by atoms with Gasteiger partial charge in [-0.15, -0.1) is 0 Å². The van der Waals surface area contributed by atoms with E-state index < -0.39 is 0 Å². The smallest absolute Gasteiger partial charge is 0.309 e. The number of hydrogen-bond acceptors (Lipinski definition) is 3. The molecule has 0 radical (unpaired) electrons. The van der Waals surface area contributed by atoms with Crippen molar-refractivity contribution in [3.8, 4) is 5.75 Å². The topological polar surface area (TPSA) is 35.5 Å². The predicted octanol–water partition coefficient (Wildman–Crippen LogP) is 3.03. The molecule has 0 unspecified atom stereocenters. The van der Waals surface area contributed by atoms with Crippen LogP contribution in [0.4, 0.5) is 0 Å². The summed E-state index contributed by atoms with van der Waals surface area (Å²) >= 11 is 0. The van der Waals surface area contributed by atoms with E-state index in [9.17, 15) is 4.79 Å². The summed E-state index contributed by atoms with van der Waals surface area (Å²) < 4.78 is 10.5. The van der Waals surface area contributed by atoms with Gasteiger partial charge in [-0.3, -0.25) is 4.79 Å². The third-order valence-electron chi connectivity index (χ3n) is 2.59. The predicted molar refractivity (Wildman–Crippen MR) is 67.3 cm³/mol. The molecule has 0 aliphatic heterocycles. The summed E-state index contributed by atoms with van der Waals surface area (Å²) in [4.78, 5) is 11.2. The van der Waals surface area contributed by atoms with Crippen LogP contribution < -0.4 is 4.74 Å². The highest BCUT2D eigenvalue weighted by atomic mass is 16.5. The molecule has 0 aromatic heterocycles. The van der Waals surface area contributed by atoms with Gasteiger partial charge in [0.2, 0.25) is 0 Å². The highest BCUT2D eigenvalue weighted by Crippen LogP contribution is 2.20. The Kier molecular flexibility index (Phi) is 5.53. The van der Waals surface area contributed by atoms with Crippen molar-refractivity contribution in [3.63, 3.8) is 0 Å². The summed E-state index contributed by atoms with van der Waals surface area (Å²) in [7, 11) is 0. The minimum Gasteiger partial charge on any atom is -0.493 e. The van der Waals surface area contributed by atoms with Crippen molar-refractivity contribution in [2.75, 3.05) is 13.2 Å². The zero-order valence-electron chi connectivity index (χ0n) is 10.8. The van der Waals surface area contributed by atoms with Crippen LogP contribution in [0.15, 0.2) is 18.2 Å². The van der Waals surface area contributed by atoms with Crippen LogP contribution in [0.5, 0.6) is 5.75 Å². The summed E-state index contributed by atoms with van der Waals surface area (Å²) in [6, 6.07) is 5.91. The SMILES string of the molecule is CCCOC(=O)CCOc1cccc(C)c1C. The number of rotatable bonds is 6. The molecule has 17 heavy (non-hydrogen) atoms.